The molecule has 1 heterocycles. The van der Waals surface area contributed by atoms with Crippen LogP contribution in [0.25, 0.3) is 11.1 Å². The van der Waals surface area contributed by atoms with Gasteiger partial charge in [0, 0.05) is 13.0 Å². The van der Waals surface area contributed by atoms with Gasteiger partial charge in [-0.3, -0.25) is 0 Å². The van der Waals surface area contributed by atoms with Crippen molar-refractivity contribution in [1.29, 1.82) is 0 Å². The second kappa shape index (κ2) is 9.02. The van der Waals surface area contributed by atoms with E-state index < -0.39 is 0 Å². The maximum Gasteiger partial charge on any atom is 0.157 e. The summed E-state index contributed by atoms with van der Waals surface area (Å²) in [5.41, 5.74) is 5.05. The quantitative estimate of drug-likeness (QED) is 0.642. The fourth-order valence-corrected chi connectivity index (χ4v) is 3.19. The summed E-state index contributed by atoms with van der Waals surface area (Å²) in [5.74, 6) is 0.905. The molecule has 2 aromatic carbocycles. The number of ether oxygens (including phenoxy) is 3. The summed E-state index contributed by atoms with van der Waals surface area (Å²) >= 11 is 0. The summed E-state index contributed by atoms with van der Waals surface area (Å²) in [7, 11) is 0. The van der Waals surface area contributed by atoms with E-state index in [1.165, 1.54) is 28.7 Å². The Balaban J connectivity index is 1.43. The highest BCUT2D eigenvalue weighted by Gasteiger charge is 2.13. The van der Waals surface area contributed by atoms with E-state index in [1.54, 1.807) is 0 Å². The average Bonchev–Trinajstić information content (AvgIpc) is 2.62. The largest absolute Gasteiger partial charge is 0.494 e. The molecule has 0 saturated carbocycles. The van der Waals surface area contributed by atoms with Crippen molar-refractivity contribution in [2.45, 2.75) is 45.8 Å². The van der Waals surface area contributed by atoms with Crippen molar-refractivity contribution >= 4 is 0 Å². The van der Waals surface area contributed by atoms with Crippen LogP contribution in [0.3, 0.4) is 0 Å². The molecule has 0 spiro atoms. The Bertz CT molecular complexity index is 637. The summed E-state index contributed by atoms with van der Waals surface area (Å²) in [4.78, 5) is 0. The van der Waals surface area contributed by atoms with Crippen LogP contribution >= 0.6 is 0 Å². The van der Waals surface area contributed by atoms with Gasteiger partial charge in [-0.2, -0.15) is 0 Å². The highest BCUT2D eigenvalue weighted by atomic mass is 16.7. The third-order valence-electron chi connectivity index (χ3n) is 4.41. The van der Waals surface area contributed by atoms with Crippen LogP contribution in [0.1, 0.15) is 36.8 Å². The SMILES string of the molecule is Cc1cc(C)cc(-c2ccc(OCCCOC3CCCCO3)cc2)c1. The zero-order chi connectivity index (χ0) is 17.5. The maximum atomic E-state index is 5.81. The number of rotatable bonds is 7. The molecular weight excluding hydrogens is 312 g/mol. The van der Waals surface area contributed by atoms with Gasteiger partial charge in [0.1, 0.15) is 5.75 Å². The Labute approximate surface area is 150 Å². The molecule has 1 unspecified atom stereocenters. The lowest BCUT2D eigenvalue weighted by atomic mass is 10.0. The molecule has 3 nitrogen and oxygen atoms in total. The van der Waals surface area contributed by atoms with E-state index in [1.807, 2.05) is 12.1 Å². The average molecular weight is 340 g/mol. The summed E-state index contributed by atoms with van der Waals surface area (Å²) in [6.45, 7) is 6.44. The Kier molecular flexibility index (Phi) is 6.48. The summed E-state index contributed by atoms with van der Waals surface area (Å²) in [6, 6.07) is 14.9. The van der Waals surface area contributed by atoms with E-state index in [4.69, 9.17) is 14.2 Å². The van der Waals surface area contributed by atoms with E-state index in [0.29, 0.717) is 13.2 Å². The topological polar surface area (TPSA) is 27.7 Å². The first kappa shape index (κ1) is 18.0. The molecule has 1 aliphatic rings. The Morgan fingerprint density at radius 3 is 2.36 bits per heavy atom. The van der Waals surface area contributed by atoms with Gasteiger partial charge in [-0.15, -0.1) is 0 Å². The maximum absolute atomic E-state index is 5.81. The van der Waals surface area contributed by atoms with Crippen LogP contribution in [0.4, 0.5) is 0 Å². The molecule has 134 valence electrons. The molecule has 3 rings (SSSR count). The van der Waals surface area contributed by atoms with Crippen molar-refractivity contribution in [1.82, 2.24) is 0 Å². The number of hydrogen-bond donors (Lipinski definition) is 0. The molecule has 1 aliphatic heterocycles. The Morgan fingerprint density at radius 1 is 0.920 bits per heavy atom. The number of aryl methyl sites for hydroxylation is 2. The molecular formula is C22H28O3. The lowest BCUT2D eigenvalue weighted by molar-refractivity contribution is -0.163. The molecule has 0 N–H and O–H groups in total. The summed E-state index contributed by atoms with van der Waals surface area (Å²) < 4.78 is 17.1. The minimum absolute atomic E-state index is 0.00850. The summed E-state index contributed by atoms with van der Waals surface area (Å²) in [5, 5.41) is 0. The first-order valence-electron chi connectivity index (χ1n) is 9.25. The van der Waals surface area contributed by atoms with E-state index in [9.17, 15) is 0 Å². The number of hydrogen-bond acceptors (Lipinski definition) is 3. The Hall–Kier alpha value is -1.84. The standard InChI is InChI=1S/C22H28O3/c1-17-14-18(2)16-20(15-17)19-7-9-21(10-8-19)23-12-5-13-25-22-6-3-4-11-24-22/h7-10,14-16,22H,3-6,11-13H2,1-2H3. The van der Waals surface area contributed by atoms with Crippen LogP contribution in [0.2, 0.25) is 0 Å². The monoisotopic (exact) mass is 340 g/mol. The fourth-order valence-electron chi connectivity index (χ4n) is 3.19. The smallest absolute Gasteiger partial charge is 0.157 e. The van der Waals surface area contributed by atoms with Crippen LogP contribution in [-0.4, -0.2) is 26.1 Å². The van der Waals surface area contributed by atoms with Crippen molar-refractivity contribution < 1.29 is 14.2 Å². The van der Waals surface area contributed by atoms with Crippen LogP contribution in [0.5, 0.6) is 5.75 Å². The molecule has 0 aliphatic carbocycles. The predicted molar refractivity (Wildman–Crippen MR) is 101 cm³/mol. The first-order valence-corrected chi connectivity index (χ1v) is 9.25. The molecule has 2 aromatic rings. The van der Waals surface area contributed by atoms with Gasteiger partial charge in [0.05, 0.1) is 13.2 Å². The lowest BCUT2D eigenvalue weighted by Crippen LogP contribution is -2.23. The predicted octanol–water partition coefficient (Wildman–Crippen LogP) is 5.28. The van der Waals surface area contributed by atoms with Crippen LogP contribution < -0.4 is 4.74 Å². The molecule has 0 aromatic heterocycles. The van der Waals surface area contributed by atoms with Crippen LogP contribution in [0, 0.1) is 13.8 Å². The molecule has 0 bridgehead atoms. The first-order chi connectivity index (χ1) is 12.2. The van der Waals surface area contributed by atoms with Gasteiger partial charge in [-0.05, 0) is 56.4 Å². The van der Waals surface area contributed by atoms with Gasteiger partial charge in [0.2, 0.25) is 0 Å². The number of benzene rings is 2. The van der Waals surface area contributed by atoms with Crippen LogP contribution in [-0.2, 0) is 9.47 Å². The highest BCUT2D eigenvalue weighted by Crippen LogP contribution is 2.24. The molecule has 0 radical (unpaired) electrons. The van der Waals surface area contributed by atoms with E-state index in [2.05, 4.69) is 44.2 Å². The fraction of sp³-hybridized carbons (Fsp3) is 0.455. The van der Waals surface area contributed by atoms with Gasteiger partial charge in [0.15, 0.2) is 6.29 Å². The molecule has 25 heavy (non-hydrogen) atoms. The zero-order valence-corrected chi connectivity index (χ0v) is 15.3. The minimum Gasteiger partial charge on any atom is -0.494 e. The zero-order valence-electron chi connectivity index (χ0n) is 15.3. The van der Waals surface area contributed by atoms with Gasteiger partial charge in [-0.25, -0.2) is 0 Å². The van der Waals surface area contributed by atoms with Crippen molar-refractivity contribution in [3.8, 4) is 16.9 Å². The summed E-state index contributed by atoms with van der Waals surface area (Å²) in [6.07, 6.45) is 4.24. The van der Waals surface area contributed by atoms with Gasteiger partial charge in [-0.1, -0.05) is 41.5 Å². The normalized spacial score (nSPS) is 17.4. The van der Waals surface area contributed by atoms with Crippen molar-refractivity contribution in [3.63, 3.8) is 0 Å². The van der Waals surface area contributed by atoms with Gasteiger partial charge < -0.3 is 14.2 Å². The lowest BCUT2D eigenvalue weighted by Gasteiger charge is -2.22. The minimum atomic E-state index is -0.00850. The molecule has 1 saturated heterocycles. The molecule has 1 atom stereocenters. The van der Waals surface area contributed by atoms with E-state index in [0.717, 1.165) is 31.6 Å². The molecule has 1 fully saturated rings. The second-order valence-electron chi connectivity index (χ2n) is 6.77. The second-order valence-corrected chi connectivity index (χ2v) is 6.77. The van der Waals surface area contributed by atoms with Gasteiger partial charge in [0.25, 0.3) is 0 Å². The molecule has 0 amide bonds. The third-order valence-corrected chi connectivity index (χ3v) is 4.41. The highest BCUT2D eigenvalue weighted by molar-refractivity contribution is 5.65. The Morgan fingerprint density at radius 2 is 1.68 bits per heavy atom. The van der Waals surface area contributed by atoms with Crippen molar-refractivity contribution in [2.75, 3.05) is 19.8 Å². The van der Waals surface area contributed by atoms with Gasteiger partial charge >= 0.3 is 0 Å². The van der Waals surface area contributed by atoms with E-state index >= 15 is 0 Å². The molecule has 3 heteroatoms. The van der Waals surface area contributed by atoms with Crippen molar-refractivity contribution in [3.05, 3.63) is 53.6 Å². The van der Waals surface area contributed by atoms with Crippen molar-refractivity contribution in [2.24, 2.45) is 0 Å². The third kappa shape index (κ3) is 5.58. The van der Waals surface area contributed by atoms with Crippen LogP contribution in [0.15, 0.2) is 42.5 Å². The van der Waals surface area contributed by atoms with E-state index in [-0.39, 0.29) is 6.29 Å².